The van der Waals surface area contributed by atoms with Crippen molar-refractivity contribution < 1.29 is 0 Å². The Bertz CT molecular complexity index is 188. The van der Waals surface area contributed by atoms with Crippen molar-refractivity contribution in [2.24, 2.45) is 23.5 Å². The van der Waals surface area contributed by atoms with Crippen molar-refractivity contribution in [3.63, 3.8) is 0 Å². The average molecular weight is 257 g/mol. The van der Waals surface area contributed by atoms with Crippen molar-refractivity contribution in [2.75, 3.05) is 33.7 Å². The normalized spacial score (nSPS) is 15.7. The van der Waals surface area contributed by atoms with E-state index in [0.29, 0.717) is 17.9 Å². The molecule has 0 aromatic heterocycles. The lowest BCUT2D eigenvalue weighted by Gasteiger charge is -2.32. The molecule has 0 aliphatic rings. The first-order valence-electron chi connectivity index (χ1n) is 7.54. The molecule has 0 saturated carbocycles. The van der Waals surface area contributed by atoms with E-state index in [9.17, 15) is 0 Å². The summed E-state index contributed by atoms with van der Waals surface area (Å²) in [6, 6.07) is 0.630. The number of nitrogens with zero attached hydrogens (tertiary/aromatic N) is 1. The van der Waals surface area contributed by atoms with Crippen molar-refractivity contribution in [3.05, 3.63) is 0 Å². The summed E-state index contributed by atoms with van der Waals surface area (Å²) in [5.41, 5.74) is 5.81. The van der Waals surface area contributed by atoms with E-state index in [0.717, 1.165) is 25.6 Å². The van der Waals surface area contributed by atoms with Gasteiger partial charge in [-0.05, 0) is 44.9 Å². The van der Waals surface area contributed by atoms with Gasteiger partial charge in [-0.2, -0.15) is 0 Å². The van der Waals surface area contributed by atoms with Crippen molar-refractivity contribution in [1.82, 2.24) is 10.2 Å². The summed E-state index contributed by atoms with van der Waals surface area (Å²) in [6.07, 6.45) is 2.51. The summed E-state index contributed by atoms with van der Waals surface area (Å²) in [4.78, 5) is 2.36. The molecule has 0 aromatic carbocycles. The molecular formula is C15H35N3. The van der Waals surface area contributed by atoms with Gasteiger partial charge in [0.15, 0.2) is 0 Å². The van der Waals surface area contributed by atoms with Gasteiger partial charge in [0, 0.05) is 12.6 Å². The van der Waals surface area contributed by atoms with Gasteiger partial charge >= 0.3 is 0 Å². The Morgan fingerprint density at radius 2 is 1.56 bits per heavy atom. The molecule has 0 aliphatic carbocycles. The van der Waals surface area contributed by atoms with Gasteiger partial charge in [-0.25, -0.2) is 0 Å². The predicted molar refractivity (Wildman–Crippen MR) is 81.8 cm³/mol. The highest BCUT2D eigenvalue weighted by atomic mass is 15.1. The summed E-state index contributed by atoms with van der Waals surface area (Å²) in [6.45, 7) is 12.0. The number of hydrogen-bond acceptors (Lipinski definition) is 3. The Labute approximate surface area is 114 Å². The van der Waals surface area contributed by atoms with Crippen LogP contribution in [0.25, 0.3) is 0 Å². The van der Waals surface area contributed by atoms with Gasteiger partial charge in [0.1, 0.15) is 0 Å². The predicted octanol–water partition coefficient (Wildman–Crippen LogP) is 2.17. The standard InChI is InChI=1S/C15H35N3/c1-7-13(8-2)15(18(5)6)11-17-10-14(9-16)12(3)4/h12-15,17H,7-11,16H2,1-6H3. The van der Waals surface area contributed by atoms with Crippen molar-refractivity contribution in [3.8, 4) is 0 Å². The lowest BCUT2D eigenvalue weighted by molar-refractivity contribution is 0.190. The fraction of sp³-hybridized carbons (Fsp3) is 1.00. The van der Waals surface area contributed by atoms with Crippen LogP contribution >= 0.6 is 0 Å². The van der Waals surface area contributed by atoms with Gasteiger partial charge in [-0.15, -0.1) is 0 Å². The average Bonchev–Trinajstić information content (AvgIpc) is 2.32. The molecule has 3 nitrogen and oxygen atoms in total. The van der Waals surface area contributed by atoms with E-state index in [2.05, 4.69) is 52.0 Å². The van der Waals surface area contributed by atoms with Gasteiger partial charge in [0.2, 0.25) is 0 Å². The van der Waals surface area contributed by atoms with Gasteiger partial charge in [0.25, 0.3) is 0 Å². The molecular weight excluding hydrogens is 222 g/mol. The van der Waals surface area contributed by atoms with Crippen LogP contribution in [0, 0.1) is 17.8 Å². The first kappa shape index (κ1) is 17.9. The van der Waals surface area contributed by atoms with Gasteiger partial charge < -0.3 is 16.0 Å². The maximum Gasteiger partial charge on any atom is 0.0242 e. The fourth-order valence-electron chi connectivity index (χ4n) is 2.61. The zero-order valence-electron chi connectivity index (χ0n) is 13.4. The van der Waals surface area contributed by atoms with E-state index in [1.54, 1.807) is 0 Å². The molecule has 0 amide bonds. The van der Waals surface area contributed by atoms with Crippen molar-refractivity contribution in [2.45, 2.75) is 46.6 Å². The Morgan fingerprint density at radius 1 is 1.00 bits per heavy atom. The first-order valence-corrected chi connectivity index (χ1v) is 7.54. The molecule has 0 rings (SSSR count). The van der Waals surface area contributed by atoms with E-state index in [1.807, 2.05) is 0 Å². The molecule has 3 heteroatoms. The second-order valence-corrected chi connectivity index (χ2v) is 6.01. The van der Waals surface area contributed by atoms with Crippen LogP contribution in [-0.4, -0.2) is 44.7 Å². The molecule has 0 heterocycles. The molecule has 18 heavy (non-hydrogen) atoms. The van der Waals surface area contributed by atoms with Gasteiger partial charge in [0.05, 0.1) is 0 Å². The number of rotatable bonds is 10. The molecule has 0 radical (unpaired) electrons. The molecule has 0 spiro atoms. The molecule has 2 unspecified atom stereocenters. The maximum atomic E-state index is 5.81. The Balaban J connectivity index is 4.19. The Hall–Kier alpha value is -0.120. The smallest absolute Gasteiger partial charge is 0.0242 e. The van der Waals surface area contributed by atoms with E-state index in [-0.39, 0.29) is 0 Å². The third-order valence-corrected chi connectivity index (χ3v) is 4.26. The number of nitrogens with two attached hydrogens (primary N) is 1. The minimum absolute atomic E-state index is 0.592. The van der Waals surface area contributed by atoms with Crippen LogP contribution in [0.15, 0.2) is 0 Å². The molecule has 110 valence electrons. The van der Waals surface area contributed by atoms with Crippen LogP contribution in [0.5, 0.6) is 0 Å². The second kappa shape index (κ2) is 9.76. The minimum atomic E-state index is 0.592. The number of nitrogens with one attached hydrogen (secondary N) is 1. The summed E-state index contributed by atoms with van der Waals surface area (Å²) in [7, 11) is 4.38. The quantitative estimate of drug-likeness (QED) is 0.630. The first-order chi connectivity index (χ1) is 8.47. The maximum absolute atomic E-state index is 5.81. The van der Waals surface area contributed by atoms with Crippen LogP contribution in [-0.2, 0) is 0 Å². The molecule has 3 N–H and O–H groups in total. The number of hydrogen-bond donors (Lipinski definition) is 2. The molecule has 2 atom stereocenters. The summed E-state index contributed by atoms with van der Waals surface area (Å²) in [5, 5.41) is 3.63. The number of likely N-dealkylation sites (N-methyl/N-ethyl adjacent to an activating group) is 1. The molecule has 0 saturated heterocycles. The van der Waals surface area contributed by atoms with Crippen molar-refractivity contribution >= 4 is 0 Å². The van der Waals surface area contributed by atoms with Crippen LogP contribution in [0.1, 0.15) is 40.5 Å². The van der Waals surface area contributed by atoms with E-state index in [4.69, 9.17) is 5.73 Å². The zero-order chi connectivity index (χ0) is 14.1. The fourth-order valence-corrected chi connectivity index (χ4v) is 2.61. The van der Waals surface area contributed by atoms with Crippen LogP contribution < -0.4 is 11.1 Å². The topological polar surface area (TPSA) is 41.3 Å². The van der Waals surface area contributed by atoms with E-state index < -0.39 is 0 Å². The van der Waals surface area contributed by atoms with Crippen LogP contribution in [0.3, 0.4) is 0 Å². The monoisotopic (exact) mass is 257 g/mol. The molecule has 0 fully saturated rings. The Kier molecular flexibility index (Phi) is 9.70. The van der Waals surface area contributed by atoms with E-state index >= 15 is 0 Å². The summed E-state index contributed by atoms with van der Waals surface area (Å²) >= 11 is 0. The third kappa shape index (κ3) is 6.17. The molecule has 0 aliphatic heterocycles. The highest BCUT2D eigenvalue weighted by Gasteiger charge is 2.20. The molecule has 0 bridgehead atoms. The van der Waals surface area contributed by atoms with Crippen molar-refractivity contribution in [1.29, 1.82) is 0 Å². The zero-order valence-corrected chi connectivity index (χ0v) is 13.4. The third-order valence-electron chi connectivity index (χ3n) is 4.26. The van der Waals surface area contributed by atoms with E-state index in [1.165, 1.54) is 12.8 Å². The van der Waals surface area contributed by atoms with Gasteiger partial charge in [-0.1, -0.05) is 40.5 Å². The largest absolute Gasteiger partial charge is 0.330 e. The SMILES string of the molecule is CCC(CC)C(CNCC(CN)C(C)C)N(C)C. The molecule has 0 aromatic rings. The second-order valence-electron chi connectivity index (χ2n) is 6.01. The lowest BCUT2D eigenvalue weighted by Crippen LogP contribution is -2.45. The van der Waals surface area contributed by atoms with Crippen LogP contribution in [0.4, 0.5) is 0 Å². The summed E-state index contributed by atoms with van der Waals surface area (Å²) < 4.78 is 0. The highest BCUT2D eigenvalue weighted by Crippen LogP contribution is 2.16. The van der Waals surface area contributed by atoms with Gasteiger partial charge in [-0.3, -0.25) is 0 Å². The summed E-state index contributed by atoms with van der Waals surface area (Å²) in [5.74, 6) is 2.03. The lowest BCUT2D eigenvalue weighted by atomic mass is 9.92. The Morgan fingerprint density at radius 3 is 1.89 bits per heavy atom. The minimum Gasteiger partial charge on any atom is -0.330 e. The highest BCUT2D eigenvalue weighted by molar-refractivity contribution is 4.78. The van der Waals surface area contributed by atoms with Crippen LogP contribution in [0.2, 0.25) is 0 Å².